The van der Waals surface area contributed by atoms with Gasteiger partial charge in [0.05, 0.1) is 23.4 Å². The second kappa shape index (κ2) is 7.80. The van der Waals surface area contributed by atoms with Crippen molar-refractivity contribution in [3.05, 3.63) is 57.5 Å². The van der Waals surface area contributed by atoms with Crippen LogP contribution < -0.4 is 9.54 Å². The number of rotatable bonds is 5. The van der Waals surface area contributed by atoms with Crippen LogP contribution in [0.2, 0.25) is 0 Å². The van der Waals surface area contributed by atoms with Gasteiger partial charge in [-0.3, -0.25) is 4.99 Å². The van der Waals surface area contributed by atoms with Crippen LogP contribution >= 0.6 is 22.7 Å². The Morgan fingerprint density at radius 3 is 2.48 bits per heavy atom. The zero-order valence-corrected chi connectivity index (χ0v) is 16.4. The van der Waals surface area contributed by atoms with Crippen molar-refractivity contribution in [3.8, 4) is 16.3 Å². The van der Waals surface area contributed by atoms with Gasteiger partial charge in [0.15, 0.2) is 0 Å². The van der Waals surface area contributed by atoms with E-state index in [-0.39, 0.29) is 6.04 Å². The van der Waals surface area contributed by atoms with Gasteiger partial charge in [-0.1, -0.05) is 6.07 Å². The van der Waals surface area contributed by atoms with Crippen LogP contribution in [-0.2, 0) is 0 Å². The smallest absolute Gasteiger partial charge is 0.206 e. The summed E-state index contributed by atoms with van der Waals surface area (Å²) >= 11 is 3.33. The van der Waals surface area contributed by atoms with Gasteiger partial charge in [0.1, 0.15) is 5.75 Å². The predicted molar refractivity (Wildman–Crippen MR) is 107 cm³/mol. The van der Waals surface area contributed by atoms with Crippen molar-refractivity contribution in [2.24, 2.45) is 10.1 Å². The second-order valence-corrected chi connectivity index (χ2v) is 7.61. The van der Waals surface area contributed by atoms with E-state index in [0.717, 1.165) is 27.5 Å². The van der Waals surface area contributed by atoms with Crippen molar-refractivity contribution in [1.82, 2.24) is 4.68 Å². The summed E-state index contributed by atoms with van der Waals surface area (Å²) in [6.07, 6.45) is 0. The number of hydrogen-bond acceptors (Lipinski definition) is 5. The van der Waals surface area contributed by atoms with Gasteiger partial charge in [0.2, 0.25) is 4.80 Å². The number of aromatic nitrogens is 1. The molecule has 6 heteroatoms. The van der Waals surface area contributed by atoms with Crippen LogP contribution in [0.4, 0.5) is 0 Å². The van der Waals surface area contributed by atoms with E-state index >= 15 is 0 Å². The molecule has 25 heavy (non-hydrogen) atoms. The largest absolute Gasteiger partial charge is 0.497 e. The third kappa shape index (κ3) is 4.08. The van der Waals surface area contributed by atoms with E-state index < -0.39 is 0 Å². The normalized spacial score (nSPS) is 12.8. The van der Waals surface area contributed by atoms with Crippen molar-refractivity contribution < 1.29 is 4.74 Å². The van der Waals surface area contributed by atoms with Gasteiger partial charge in [0, 0.05) is 11.4 Å². The Labute approximate surface area is 155 Å². The predicted octanol–water partition coefficient (Wildman–Crippen LogP) is 4.87. The molecule has 0 radical (unpaired) electrons. The van der Waals surface area contributed by atoms with E-state index in [0.29, 0.717) is 0 Å². The lowest BCUT2D eigenvalue weighted by molar-refractivity contribution is 0.415. The first-order chi connectivity index (χ1) is 12.1. The molecule has 130 valence electrons. The van der Waals surface area contributed by atoms with Crippen molar-refractivity contribution in [3.63, 3.8) is 0 Å². The van der Waals surface area contributed by atoms with E-state index in [1.807, 2.05) is 35.9 Å². The quantitative estimate of drug-likeness (QED) is 0.590. The first-order valence-corrected chi connectivity index (χ1v) is 9.82. The molecule has 0 aliphatic carbocycles. The summed E-state index contributed by atoms with van der Waals surface area (Å²) in [6.45, 7) is 6.17. The summed E-state index contributed by atoms with van der Waals surface area (Å²) in [5, 5.41) is 9.07. The Bertz CT molecular complexity index is 916. The fourth-order valence-corrected chi connectivity index (χ4v) is 4.10. The molecule has 0 bridgehead atoms. The number of hydrogen-bond donors (Lipinski definition) is 0. The molecule has 0 aliphatic rings. The maximum absolute atomic E-state index is 5.23. The van der Waals surface area contributed by atoms with E-state index in [9.17, 15) is 0 Å². The van der Waals surface area contributed by atoms with Crippen molar-refractivity contribution >= 4 is 28.4 Å². The Balaban J connectivity index is 2.09. The van der Waals surface area contributed by atoms with Crippen LogP contribution in [0.5, 0.6) is 5.75 Å². The molecular formula is C19H21N3OS2. The van der Waals surface area contributed by atoms with E-state index in [2.05, 4.69) is 36.7 Å². The van der Waals surface area contributed by atoms with Gasteiger partial charge in [-0.2, -0.15) is 5.10 Å². The van der Waals surface area contributed by atoms with Crippen molar-refractivity contribution in [2.75, 3.05) is 7.11 Å². The zero-order valence-electron chi connectivity index (χ0n) is 14.8. The highest BCUT2D eigenvalue weighted by molar-refractivity contribution is 7.14. The summed E-state index contributed by atoms with van der Waals surface area (Å²) in [6, 6.07) is 12.3. The highest BCUT2D eigenvalue weighted by Crippen LogP contribution is 2.25. The lowest BCUT2D eigenvalue weighted by atomic mass is 10.1. The minimum Gasteiger partial charge on any atom is -0.497 e. The lowest BCUT2D eigenvalue weighted by Crippen LogP contribution is -2.16. The highest BCUT2D eigenvalue weighted by Gasteiger charge is 2.10. The summed E-state index contributed by atoms with van der Waals surface area (Å²) in [7, 11) is 1.67. The van der Waals surface area contributed by atoms with Gasteiger partial charge >= 0.3 is 0 Å². The van der Waals surface area contributed by atoms with Crippen molar-refractivity contribution in [1.29, 1.82) is 0 Å². The minimum absolute atomic E-state index is 0.220. The van der Waals surface area contributed by atoms with Crippen LogP contribution in [0.3, 0.4) is 0 Å². The number of nitrogens with zero attached hydrogens (tertiary/aromatic N) is 3. The number of benzene rings is 1. The van der Waals surface area contributed by atoms with E-state index in [4.69, 9.17) is 14.8 Å². The molecule has 0 spiro atoms. The molecule has 2 aromatic heterocycles. The number of methoxy groups -OCH3 is 1. The molecule has 0 amide bonds. The summed E-state index contributed by atoms with van der Waals surface area (Å²) in [5.74, 6) is 0.842. The Hall–Kier alpha value is -2.18. The molecule has 0 fully saturated rings. The van der Waals surface area contributed by atoms with Gasteiger partial charge < -0.3 is 4.74 Å². The van der Waals surface area contributed by atoms with Gasteiger partial charge in [-0.15, -0.1) is 22.7 Å². The Morgan fingerprint density at radius 2 is 1.88 bits per heavy atom. The first kappa shape index (κ1) is 17.6. The van der Waals surface area contributed by atoms with Crippen LogP contribution in [0.1, 0.15) is 26.3 Å². The molecule has 3 aromatic rings. The van der Waals surface area contributed by atoms with Gasteiger partial charge in [-0.25, -0.2) is 4.68 Å². The van der Waals surface area contributed by atoms with Crippen LogP contribution in [0.15, 0.2) is 57.3 Å². The summed E-state index contributed by atoms with van der Waals surface area (Å²) in [5.41, 5.74) is 3.07. The minimum atomic E-state index is 0.220. The SMILES string of the molecule is COc1ccc(C(C)=Nn2c(-c3cccs3)csc2=NC(C)C)cc1. The van der Waals surface area contributed by atoms with Crippen LogP contribution in [0.25, 0.3) is 10.6 Å². The zero-order chi connectivity index (χ0) is 17.8. The second-order valence-electron chi connectivity index (χ2n) is 5.83. The fourth-order valence-electron chi connectivity index (χ4n) is 2.34. The molecule has 0 unspecified atom stereocenters. The molecule has 2 heterocycles. The third-order valence-corrected chi connectivity index (χ3v) is 5.31. The number of thiazole rings is 1. The Kier molecular flexibility index (Phi) is 5.50. The van der Waals surface area contributed by atoms with E-state index in [1.165, 1.54) is 4.88 Å². The third-order valence-electron chi connectivity index (χ3n) is 3.59. The topological polar surface area (TPSA) is 38.9 Å². The molecule has 4 nitrogen and oxygen atoms in total. The lowest BCUT2D eigenvalue weighted by Gasteiger charge is -2.06. The van der Waals surface area contributed by atoms with E-state index in [1.54, 1.807) is 29.8 Å². The Morgan fingerprint density at radius 1 is 1.12 bits per heavy atom. The summed E-state index contributed by atoms with van der Waals surface area (Å²) < 4.78 is 7.18. The van der Waals surface area contributed by atoms with Crippen LogP contribution in [-0.4, -0.2) is 23.5 Å². The van der Waals surface area contributed by atoms with Crippen molar-refractivity contribution in [2.45, 2.75) is 26.8 Å². The molecular weight excluding hydrogens is 350 g/mol. The first-order valence-electron chi connectivity index (χ1n) is 8.06. The monoisotopic (exact) mass is 371 g/mol. The maximum atomic E-state index is 5.23. The molecule has 0 N–H and O–H groups in total. The highest BCUT2D eigenvalue weighted by atomic mass is 32.1. The number of thiophene rings is 1. The maximum Gasteiger partial charge on any atom is 0.206 e. The molecule has 1 aromatic carbocycles. The average molecular weight is 372 g/mol. The number of ether oxygens (including phenoxy) is 1. The summed E-state index contributed by atoms with van der Waals surface area (Å²) in [4.78, 5) is 6.82. The van der Waals surface area contributed by atoms with Crippen LogP contribution in [0, 0.1) is 0 Å². The van der Waals surface area contributed by atoms with Gasteiger partial charge in [0.25, 0.3) is 0 Å². The molecule has 0 aliphatic heterocycles. The standard InChI is InChI=1S/C19H21N3OS2/c1-13(2)20-19-22(17(12-25-19)18-6-5-11-24-18)21-14(3)15-7-9-16(23-4)10-8-15/h5-13H,1-4H3. The average Bonchev–Trinajstić information content (AvgIpc) is 3.25. The molecule has 0 atom stereocenters. The molecule has 0 saturated carbocycles. The van der Waals surface area contributed by atoms with Gasteiger partial charge in [-0.05, 0) is 62.0 Å². The molecule has 0 saturated heterocycles. The fraction of sp³-hybridized carbons (Fsp3) is 0.263. The molecule has 3 rings (SSSR count).